The second-order valence-electron chi connectivity index (χ2n) is 3.84. The molecule has 0 heterocycles. The van der Waals surface area contributed by atoms with Crippen LogP contribution in [-0.4, -0.2) is 12.5 Å². The van der Waals surface area contributed by atoms with E-state index in [1.807, 2.05) is 6.07 Å². The second-order valence-corrected chi connectivity index (χ2v) is 4.45. The van der Waals surface area contributed by atoms with Crippen molar-refractivity contribution in [2.45, 2.75) is 38.5 Å². The molecule has 0 amide bonds. The molecule has 1 aromatic carbocycles. The molecule has 0 saturated carbocycles. The highest BCUT2D eigenvalue weighted by atomic mass is 35.5. The minimum absolute atomic E-state index is 0.298. The van der Waals surface area contributed by atoms with Gasteiger partial charge in [-0.2, -0.15) is 0 Å². The fourth-order valence-electron chi connectivity index (χ4n) is 1.59. The third-order valence-electron chi connectivity index (χ3n) is 2.72. The zero-order valence-corrected chi connectivity index (χ0v) is 10.5. The number of hydrogen-bond donors (Lipinski definition) is 0. The topological polar surface area (TPSA) is 9.23 Å². The van der Waals surface area contributed by atoms with Crippen LogP contribution in [-0.2, 0) is 6.42 Å². The molecule has 15 heavy (non-hydrogen) atoms. The Morgan fingerprint density at radius 2 is 2.13 bits per heavy atom. The van der Waals surface area contributed by atoms with Crippen LogP contribution in [0.3, 0.4) is 0 Å². The maximum Gasteiger partial charge on any atom is 0.119 e. The lowest BCUT2D eigenvalue weighted by Crippen LogP contribution is -2.00. The van der Waals surface area contributed by atoms with Gasteiger partial charge < -0.3 is 4.74 Å². The summed E-state index contributed by atoms with van der Waals surface area (Å²) in [5.41, 5.74) is 2.66. The van der Waals surface area contributed by atoms with E-state index in [9.17, 15) is 0 Å². The van der Waals surface area contributed by atoms with Crippen molar-refractivity contribution in [1.82, 2.24) is 0 Å². The molecule has 2 heteroatoms. The summed E-state index contributed by atoms with van der Waals surface area (Å²) < 4.78 is 5.17. The summed E-state index contributed by atoms with van der Waals surface area (Å²) in [6.07, 6.45) is 3.14. The van der Waals surface area contributed by atoms with E-state index < -0.39 is 0 Å². The molecule has 84 valence electrons. The van der Waals surface area contributed by atoms with Gasteiger partial charge in [0.15, 0.2) is 0 Å². The molecule has 0 aromatic heterocycles. The molecule has 0 N–H and O–H groups in total. The molecule has 1 unspecified atom stereocenters. The van der Waals surface area contributed by atoms with E-state index in [1.165, 1.54) is 11.1 Å². The van der Waals surface area contributed by atoms with Gasteiger partial charge in [0.05, 0.1) is 7.11 Å². The number of benzene rings is 1. The highest BCUT2D eigenvalue weighted by Crippen LogP contribution is 2.19. The Hall–Kier alpha value is -0.690. The number of ether oxygens (including phenoxy) is 1. The lowest BCUT2D eigenvalue weighted by molar-refractivity contribution is 0.414. The van der Waals surface area contributed by atoms with E-state index in [4.69, 9.17) is 16.3 Å². The smallest absolute Gasteiger partial charge is 0.119 e. The monoisotopic (exact) mass is 226 g/mol. The van der Waals surface area contributed by atoms with Crippen molar-refractivity contribution in [3.63, 3.8) is 0 Å². The summed E-state index contributed by atoms with van der Waals surface area (Å²) in [7, 11) is 1.69. The maximum absolute atomic E-state index is 6.10. The van der Waals surface area contributed by atoms with Crippen LogP contribution >= 0.6 is 11.6 Å². The van der Waals surface area contributed by atoms with Crippen LogP contribution in [0, 0.1) is 6.92 Å². The van der Waals surface area contributed by atoms with Gasteiger partial charge in [-0.1, -0.05) is 13.0 Å². The van der Waals surface area contributed by atoms with E-state index in [2.05, 4.69) is 26.0 Å². The third kappa shape index (κ3) is 3.75. The molecule has 1 atom stereocenters. The number of rotatable bonds is 5. The van der Waals surface area contributed by atoms with Gasteiger partial charge in [0, 0.05) is 5.38 Å². The summed E-state index contributed by atoms with van der Waals surface area (Å²) in [6, 6.07) is 6.22. The van der Waals surface area contributed by atoms with Gasteiger partial charge in [-0.25, -0.2) is 0 Å². The fraction of sp³-hybridized carbons (Fsp3) is 0.538. The van der Waals surface area contributed by atoms with E-state index in [0.29, 0.717) is 5.38 Å². The van der Waals surface area contributed by atoms with E-state index in [-0.39, 0.29) is 0 Å². The predicted molar refractivity (Wildman–Crippen MR) is 66.0 cm³/mol. The van der Waals surface area contributed by atoms with Gasteiger partial charge in [-0.15, -0.1) is 11.6 Å². The van der Waals surface area contributed by atoms with E-state index in [0.717, 1.165) is 25.0 Å². The van der Waals surface area contributed by atoms with Crippen molar-refractivity contribution in [3.05, 3.63) is 29.3 Å². The number of hydrogen-bond acceptors (Lipinski definition) is 1. The molecule has 0 aliphatic heterocycles. The Balaban J connectivity index is 2.62. The van der Waals surface area contributed by atoms with Crippen molar-refractivity contribution in [1.29, 1.82) is 0 Å². The number of halogens is 1. The Morgan fingerprint density at radius 1 is 1.40 bits per heavy atom. The molecular formula is C13H19ClO. The normalized spacial score (nSPS) is 12.5. The molecule has 0 fully saturated rings. The quantitative estimate of drug-likeness (QED) is 0.691. The predicted octanol–water partition coefficient (Wildman–Crippen LogP) is 3.95. The van der Waals surface area contributed by atoms with E-state index >= 15 is 0 Å². The Labute approximate surface area is 97.4 Å². The van der Waals surface area contributed by atoms with Crippen LogP contribution in [0.5, 0.6) is 5.75 Å². The number of methoxy groups -OCH3 is 1. The maximum atomic E-state index is 6.10. The Morgan fingerprint density at radius 3 is 2.67 bits per heavy atom. The summed E-state index contributed by atoms with van der Waals surface area (Å²) in [4.78, 5) is 0. The van der Waals surface area contributed by atoms with Gasteiger partial charge in [0.1, 0.15) is 5.75 Å². The summed E-state index contributed by atoms with van der Waals surface area (Å²) in [5.74, 6) is 0.925. The van der Waals surface area contributed by atoms with Crippen LogP contribution in [0.2, 0.25) is 0 Å². The largest absolute Gasteiger partial charge is 0.497 e. The average Bonchev–Trinajstić information content (AvgIpc) is 2.26. The van der Waals surface area contributed by atoms with Crippen LogP contribution in [0.4, 0.5) is 0 Å². The number of aryl methyl sites for hydroxylation is 2. The molecule has 0 spiro atoms. The first kappa shape index (κ1) is 12.4. The van der Waals surface area contributed by atoms with Crippen molar-refractivity contribution >= 4 is 11.6 Å². The van der Waals surface area contributed by atoms with Crippen LogP contribution in [0.25, 0.3) is 0 Å². The minimum Gasteiger partial charge on any atom is -0.497 e. The molecule has 1 rings (SSSR count). The first-order valence-electron chi connectivity index (χ1n) is 5.45. The first-order valence-corrected chi connectivity index (χ1v) is 5.88. The summed E-state index contributed by atoms with van der Waals surface area (Å²) in [6.45, 7) is 4.24. The van der Waals surface area contributed by atoms with Gasteiger partial charge in [0.25, 0.3) is 0 Å². The lowest BCUT2D eigenvalue weighted by atomic mass is 10.0. The van der Waals surface area contributed by atoms with Gasteiger partial charge in [-0.05, 0) is 49.4 Å². The molecule has 0 saturated heterocycles. The third-order valence-corrected chi connectivity index (χ3v) is 3.25. The standard InChI is InChI=1S/C13H19ClO/c1-4-12(14)7-5-11-6-8-13(15-3)9-10(11)2/h6,8-9,12H,4-5,7H2,1-3H3. The van der Waals surface area contributed by atoms with Crippen molar-refractivity contribution < 1.29 is 4.74 Å². The first-order chi connectivity index (χ1) is 7.17. The molecule has 0 radical (unpaired) electrons. The fourth-order valence-corrected chi connectivity index (χ4v) is 1.70. The van der Waals surface area contributed by atoms with Crippen molar-refractivity contribution in [2.75, 3.05) is 7.11 Å². The molecule has 0 bridgehead atoms. The Kier molecular flexibility index (Phi) is 4.97. The van der Waals surface area contributed by atoms with Gasteiger partial charge in [-0.3, -0.25) is 0 Å². The van der Waals surface area contributed by atoms with E-state index in [1.54, 1.807) is 7.11 Å². The molecule has 1 nitrogen and oxygen atoms in total. The zero-order chi connectivity index (χ0) is 11.3. The molecule has 1 aromatic rings. The molecule has 0 aliphatic rings. The van der Waals surface area contributed by atoms with Crippen LogP contribution in [0.15, 0.2) is 18.2 Å². The second kappa shape index (κ2) is 6.02. The summed E-state index contributed by atoms with van der Waals surface area (Å²) >= 11 is 6.10. The molecule has 0 aliphatic carbocycles. The SMILES string of the molecule is CCC(Cl)CCc1ccc(OC)cc1C. The minimum atomic E-state index is 0.298. The lowest BCUT2D eigenvalue weighted by Gasteiger charge is -2.10. The van der Waals surface area contributed by atoms with Gasteiger partial charge >= 0.3 is 0 Å². The van der Waals surface area contributed by atoms with Gasteiger partial charge in [0.2, 0.25) is 0 Å². The van der Waals surface area contributed by atoms with Crippen molar-refractivity contribution in [2.24, 2.45) is 0 Å². The highest BCUT2D eigenvalue weighted by Gasteiger charge is 2.04. The summed E-state index contributed by atoms with van der Waals surface area (Å²) in [5, 5.41) is 0.298. The van der Waals surface area contributed by atoms with Crippen molar-refractivity contribution in [3.8, 4) is 5.75 Å². The van der Waals surface area contributed by atoms with Crippen LogP contribution < -0.4 is 4.74 Å². The Bertz CT molecular complexity index is 309. The van der Waals surface area contributed by atoms with Crippen LogP contribution in [0.1, 0.15) is 30.9 Å². The zero-order valence-electron chi connectivity index (χ0n) is 9.72. The highest BCUT2D eigenvalue weighted by molar-refractivity contribution is 6.20. The molecular weight excluding hydrogens is 208 g/mol. The average molecular weight is 227 g/mol. The number of alkyl halides is 1.